The summed E-state index contributed by atoms with van der Waals surface area (Å²) >= 11 is 0. The Morgan fingerprint density at radius 3 is 2.44 bits per heavy atom. The molecule has 16 heavy (non-hydrogen) atoms. The Balaban J connectivity index is 2.44. The Morgan fingerprint density at radius 1 is 1.38 bits per heavy atom. The zero-order chi connectivity index (χ0) is 12.1. The molecule has 3 unspecified atom stereocenters. The number of carbonyl (C=O) groups is 1. The summed E-state index contributed by atoms with van der Waals surface area (Å²) in [6, 6.07) is 0.351. The normalized spacial score (nSPS) is 27.1. The highest BCUT2D eigenvalue weighted by atomic mass is 16.2. The van der Waals surface area contributed by atoms with Gasteiger partial charge >= 0.3 is 0 Å². The monoisotopic (exact) mass is 226 g/mol. The molecule has 94 valence electrons. The van der Waals surface area contributed by atoms with Gasteiger partial charge in [-0.05, 0) is 25.7 Å². The van der Waals surface area contributed by atoms with Crippen LogP contribution in [0.4, 0.5) is 0 Å². The first kappa shape index (κ1) is 13.5. The van der Waals surface area contributed by atoms with Gasteiger partial charge in [0.2, 0.25) is 5.91 Å². The van der Waals surface area contributed by atoms with E-state index < -0.39 is 0 Å². The van der Waals surface area contributed by atoms with E-state index in [0.29, 0.717) is 5.92 Å². The molecule has 0 heterocycles. The van der Waals surface area contributed by atoms with Crippen LogP contribution in [0.5, 0.6) is 0 Å². The highest BCUT2D eigenvalue weighted by Crippen LogP contribution is 2.24. The molecule has 0 saturated heterocycles. The second kappa shape index (κ2) is 6.24. The van der Waals surface area contributed by atoms with Crippen LogP contribution in [0.1, 0.15) is 52.9 Å². The van der Waals surface area contributed by atoms with Crippen molar-refractivity contribution >= 4 is 5.91 Å². The van der Waals surface area contributed by atoms with E-state index in [1.54, 1.807) is 0 Å². The number of carbonyl (C=O) groups excluding carboxylic acids is 1. The molecule has 3 atom stereocenters. The fourth-order valence-corrected chi connectivity index (χ4v) is 2.76. The fraction of sp³-hybridized carbons (Fsp3) is 0.923. The third-order valence-electron chi connectivity index (χ3n) is 4.03. The van der Waals surface area contributed by atoms with Crippen LogP contribution in [-0.4, -0.2) is 18.0 Å². The minimum Gasteiger partial charge on any atom is -0.353 e. The molecule has 0 aliphatic heterocycles. The van der Waals surface area contributed by atoms with E-state index in [4.69, 9.17) is 5.73 Å². The van der Waals surface area contributed by atoms with Crippen molar-refractivity contribution in [3.8, 4) is 0 Å². The lowest BCUT2D eigenvalue weighted by atomic mass is 9.94. The summed E-state index contributed by atoms with van der Waals surface area (Å²) in [4.78, 5) is 12.0. The Bertz CT molecular complexity index is 226. The lowest BCUT2D eigenvalue weighted by molar-refractivity contribution is -0.126. The van der Waals surface area contributed by atoms with Crippen LogP contribution in [0.3, 0.4) is 0 Å². The number of hydrogen-bond donors (Lipinski definition) is 2. The van der Waals surface area contributed by atoms with Crippen LogP contribution in [0.25, 0.3) is 0 Å². The summed E-state index contributed by atoms with van der Waals surface area (Å²) in [5.41, 5.74) is 5.94. The smallest absolute Gasteiger partial charge is 0.224 e. The van der Waals surface area contributed by atoms with Gasteiger partial charge in [-0.25, -0.2) is 0 Å². The minimum absolute atomic E-state index is 0.0526. The predicted molar refractivity (Wildman–Crippen MR) is 67.0 cm³/mol. The van der Waals surface area contributed by atoms with E-state index >= 15 is 0 Å². The summed E-state index contributed by atoms with van der Waals surface area (Å²) in [6.45, 7) is 6.46. The van der Waals surface area contributed by atoms with Crippen LogP contribution in [-0.2, 0) is 4.79 Å². The van der Waals surface area contributed by atoms with E-state index in [1.807, 2.05) is 0 Å². The van der Waals surface area contributed by atoms with Gasteiger partial charge in [0, 0.05) is 12.1 Å². The molecule has 0 bridgehead atoms. The summed E-state index contributed by atoms with van der Waals surface area (Å²) in [5, 5.41) is 3.14. The average Bonchev–Trinajstić information content (AvgIpc) is 2.66. The molecule has 1 aliphatic carbocycles. The van der Waals surface area contributed by atoms with Gasteiger partial charge in [0.15, 0.2) is 0 Å². The first-order valence-electron chi connectivity index (χ1n) is 6.66. The molecule has 0 aromatic heterocycles. The van der Waals surface area contributed by atoms with Gasteiger partial charge in [0.1, 0.15) is 0 Å². The molecule has 1 aliphatic rings. The van der Waals surface area contributed by atoms with E-state index in [9.17, 15) is 4.79 Å². The zero-order valence-electron chi connectivity index (χ0n) is 10.8. The van der Waals surface area contributed by atoms with E-state index in [-0.39, 0.29) is 23.9 Å². The SMILES string of the molecule is CCC(CC)C(C)NC(=O)C1CCCC1N. The topological polar surface area (TPSA) is 55.1 Å². The Morgan fingerprint density at radius 2 is 2.00 bits per heavy atom. The maximum Gasteiger partial charge on any atom is 0.224 e. The van der Waals surface area contributed by atoms with E-state index in [0.717, 1.165) is 32.1 Å². The molecule has 1 amide bonds. The van der Waals surface area contributed by atoms with Crippen molar-refractivity contribution in [1.82, 2.24) is 5.32 Å². The number of amides is 1. The molecular weight excluding hydrogens is 200 g/mol. The van der Waals surface area contributed by atoms with Crippen molar-refractivity contribution in [3.05, 3.63) is 0 Å². The highest BCUT2D eigenvalue weighted by molar-refractivity contribution is 5.80. The number of hydrogen-bond acceptors (Lipinski definition) is 2. The molecule has 1 fully saturated rings. The summed E-state index contributed by atoms with van der Waals surface area (Å²) in [6.07, 6.45) is 5.29. The van der Waals surface area contributed by atoms with Gasteiger partial charge in [-0.3, -0.25) is 4.79 Å². The van der Waals surface area contributed by atoms with Crippen molar-refractivity contribution in [3.63, 3.8) is 0 Å². The second-order valence-corrected chi connectivity index (χ2v) is 5.08. The number of rotatable bonds is 5. The molecule has 0 aromatic carbocycles. The maximum atomic E-state index is 12.0. The molecule has 1 saturated carbocycles. The second-order valence-electron chi connectivity index (χ2n) is 5.08. The Hall–Kier alpha value is -0.570. The molecule has 1 rings (SSSR count). The maximum absolute atomic E-state index is 12.0. The summed E-state index contributed by atoms with van der Waals surface area (Å²) in [5.74, 6) is 0.808. The third-order valence-corrected chi connectivity index (χ3v) is 4.03. The Labute approximate surface area is 99.2 Å². The molecule has 0 aromatic rings. The van der Waals surface area contributed by atoms with Crippen molar-refractivity contribution in [2.24, 2.45) is 17.6 Å². The first-order chi connectivity index (χ1) is 7.60. The van der Waals surface area contributed by atoms with Crippen LogP contribution < -0.4 is 11.1 Å². The zero-order valence-corrected chi connectivity index (χ0v) is 10.8. The summed E-state index contributed by atoms with van der Waals surface area (Å²) in [7, 11) is 0. The number of nitrogens with one attached hydrogen (secondary N) is 1. The van der Waals surface area contributed by atoms with E-state index in [1.165, 1.54) is 0 Å². The van der Waals surface area contributed by atoms with Crippen molar-refractivity contribution in [2.45, 2.75) is 65.0 Å². The minimum atomic E-state index is 0.0526. The van der Waals surface area contributed by atoms with Crippen molar-refractivity contribution < 1.29 is 4.79 Å². The van der Waals surface area contributed by atoms with Gasteiger partial charge in [-0.1, -0.05) is 33.1 Å². The lowest BCUT2D eigenvalue weighted by Crippen LogP contribution is -2.44. The van der Waals surface area contributed by atoms with Gasteiger partial charge in [-0.15, -0.1) is 0 Å². The molecule has 3 heteroatoms. The van der Waals surface area contributed by atoms with Crippen LogP contribution in [0.15, 0.2) is 0 Å². The third kappa shape index (κ3) is 3.21. The van der Waals surface area contributed by atoms with Crippen LogP contribution in [0, 0.1) is 11.8 Å². The van der Waals surface area contributed by atoms with E-state index in [2.05, 4.69) is 26.1 Å². The van der Waals surface area contributed by atoms with Crippen LogP contribution >= 0.6 is 0 Å². The van der Waals surface area contributed by atoms with Gasteiger partial charge < -0.3 is 11.1 Å². The van der Waals surface area contributed by atoms with Gasteiger partial charge in [0.05, 0.1) is 5.92 Å². The molecule has 3 nitrogen and oxygen atoms in total. The standard InChI is InChI=1S/C13H26N2O/c1-4-10(5-2)9(3)15-13(16)11-7-6-8-12(11)14/h9-12H,4-8,14H2,1-3H3,(H,15,16). The highest BCUT2D eigenvalue weighted by Gasteiger charge is 2.31. The molecule has 3 N–H and O–H groups in total. The van der Waals surface area contributed by atoms with Crippen molar-refractivity contribution in [1.29, 1.82) is 0 Å². The molecule has 0 radical (unpaired) electrons. The fourth-order valence-electron chi connectivity index (χ4n) is 2.76. The first-order valence-corrected chi connectivity index (χ1v) is 6.66. The lowest BCUT2D eigenvalue weighted by Gasteiger charge is -2.25. The molecular formula is C13H26N2O. The summed E-state index contributed by atoms with van der Waals surface area (Å²) < 4.78 is 0. The Kier molecular flexibility index (Phi) is 5.26. The van der Waals surface area contributed by atoms with Gasteiger partial charge in [-0.2, -0.15) is 0 Å². The molecule has 0 spiro atoms. The largest absolute Gasteiger partial charge is 0.353 e. The van der Waals surface area contributed by atoms with Crippen molar-refractivity contribution in [2.75, 3.05) is 0 Å². The van der Waals surface area contributed by atoms with Gasteiger partial charge in [0.25, 0.3) is 0 Å². The predicted octanol–water partition coefficient (Wildman–Crippen LogP) is 2.05. The quantitative estimate of drug-likeness (QED) is 0.754. The average molecular weight is 226 g/mol. The van der Waals surface area contributed by atoms with Crippen LogP contribution in [0.2, 0.25) is 0 Å². The number of nitrogens with two attached hydrogens (primary N) is 1.